The molecule has 3 unspecified atom stereocenters. The van der Waals surface area contributed by atoms with Crippen LogP contribution in [0.1, 0.15) is 41.8 Å². The van der Waals surface area contributed by atoms with Gasteiger partial charge in [0.25, 0.3) is 0 Å². The molecule has 10 heteroatoms. The number of nitrogens with one attached hydrogen (secondary N) is 2. The van der Waals surface area contributed by atoms with E-state index >= 15 is 0 Å². The van der Waals surface area contributed by atoms with Crippen LogP contribution in [0.25, 0.3) is 11.2 Å². The van der Waals surface area contributed by atoms with Gasteiger partial charge in [-0.2, -0.15) is 0 Å². The second-order valence-corrected chi connectivity index (χ2v) is 11.6. The number of aromatic nitrogens is 4. The van der Waals surface area contributed by atoms with Gasteiger partial charge in [0.05, 0.1) is 24.4 Å². The number of anilines is 1. The Balaban J connectivity index is 1.26. The number of amides is 1. The fourth-order valence-electron chi connectivity index (χ4n) is 6.43. The summed E-state index contributed by atoms with van der Waals surface area (Å²) in [5.74, 6) is 6.54. The predicted molar refractivity (Wildman–Crippen MR) is 154 cm³/mol. The van der Waals surface area contributed by atoms with Crippen LogP contribution in [-0.2, 0) is 4.79 Å². The SMILES string of the molecule is CNC(=O)[C@H]1C2CC2[C@@H](n2cnc3c(NC4C[C@H]4c4ccccc4)nc(C#Cc4cccc(Cl)c4)nc32)[C@H](O)[C@@H]1O. The highest BCUT2D eigenvalue weighted by Crippen LogP contribution is 2.58. The Labute approximate surface area is 242 Å². The number of rotatable bonds is 5. The first kappa shape index (κ1) is 26.0. The number of carbonyl (C=O) groups excluding carboxylic acids is 1. The quantitative estimate of drug-likeness (QED) is 0.273. The fraction of sp³-hybridized carbons (Fsp3) is 0.355. The molecule has 4 aromatic rings. The van der Waals surface area contributed by atoms with Crippen molar-refractivity contribution in [3.05, 3.63) is 82.9 Å². The Morgan fingerprint density at radius 1 is 1.02 bits per heavy atom. The number of imidazole rings is 1. The van der Waals surface area contributed by atoms with E-state index in [2.05, 4.69) is 39.6 Å². The largest absolute Gasteiger partial charge is 0.390 e. The minimum absolute atomic E-state index is 0.0181. The number of carbonyl (C=O) groups is 1. The van der Waals surface area contributed by atoms with E-state index in [1.54, 1.807) is 25.5 Å². The molecule has 1 amide bonds. The molecular weight excluding hydrogens is 540 g/mol. The molecule has 3 saturated carbocycles. The molecule has 8 atom stereocenters. The summed E-state index contributed by atoms with van der Waals surface area (Å²) in [6, 6.07) is 17.4. The maximum Gasteiger partial charge on any atom is 0.225 e. The molecule has 7 rings (SSSR count). The summed E-state index contributed by atoms with van der Waals surface area (Å²) >= 11 is 6.14. The van der Waals surface area contributed by atoms with Crippen LogP contribution in [-0.4, -0.2) is 60.9 Å². The monoisotopic (exact) mass is 568 g/mol. The number of nitrogens with zero attached hydrogens (tertiary/aromatic N) is 4. The minimum atomic E-state index is -1.19. The van der Waals surface area contributed by atoms with Crippen LogP contribution in [0.3, 0.4) is 0 Å². The molecule has 2 heterocycles. The molecule has 208 valence electrons. The second-order valence-electron chi connectivity index (χ2n) is 11.2. The molecule has 0 spiro atoms. The van der Waals surface area contributed by atoms with Crippen molar-refractivity contribution in [3.63, 3.8) is 0 Å². The Morgan fingerprint density at radius 3 is 2.63 bits per heavy atom. The van der Waals surface area contributed by atoms with Crippen LogP contribution in [0.2, 0.25) is 5.02 Å². The lowest BCUT2D eigenvalue weighted by molar-refractivity contribution is -0.139. The van der Waals surface area contributed by atoms with Gasteiger partial charge in [0.15, 0.2) is 17.0 Å². The summed E-state index contributed by atoms with van der Waals surface area (Å²) in [5, 5.41) is 29.0. The molecule has 2 aromatic carbocycles. The summed E-state index contributed by atoms with van der Waals surface area (Å²) in [6.07, 6.45) is 1.00. The zero-order chi connectivity index (χ0) is 28.2. The van der Waals surface area contributed by atoms with Crippen molar-refractivity contribution in [1.29, 1.82) is 0 Å². The van der Waals surface area contributed by atoms with E-state index in [0.29, 0.717) is 33.7 Å². The van der Waals surface area contributed by atoms with E-state index in [0.717, 1.165) is 18.4 Å². The molecule has 0 aliphatic heterocycles. The second kappa shape index (κ2) is 10.1. The third-order valence-electron chi connectivity index (χ3n) is 8.63. The molecule has 9 nitrogen and oxygen atoms in total. The van der Waals surface area contributed by atoms with Crippen molar-refractivity contribution in [2.45, 2.75) is 43.1 Å². The molecule has 4 N–H and O–H groups in total. The van der Waals surface area contributed by atoms with Gasteiger partial charge < -0.3 is 25.4 Å². The lowest BCUT2D eigenvalue weighted by Crippen LogP contribution is -2.50. The van der Waals surface area contributed by atoms with E-state index in [1.165, 1.54) is 5.56 Å². The van der Waals surface area contributed by atoms with Crippen LogP contribution >= 0.6 is 11.6 Å². The molecule has 3 aliphatic rings. The van der Waals surface area contributed by atoms with Crippen molar-refractivity contribution in [2.75, 3.05) is 12.4 Å². The first-order valence-electron chi connectivity index (χ1n) is 13.8. The van der Waals surface area contributed by atoms with Gasteiger partial charge in [-0.1, -0.05) is 53.9 Å². The van der Waals surface area contributed by atoms with Crippen LogP contribution in [0.4, 0.5) is 5.82 Å². The standard InChI is InChI=1S/C31H29ClN6O3/c1-33-31(41)24-20-13-21(20)26(28(40)27(24)39)38-15-34-25-29(35-22-14-19(22)17-7-3-2-4-8-17)36-23(37-30(25)38)11-10-16-6-5-9-18(32)12-16/h2-9,12,15,19-22,24,26-28,39-40H,13-14H2,1H3,(H,33,41)(H,35,36,37)/t19-,20?,21?,22?,24-,26+,27+,28-/m0/s1. The average Bonchev–Trinajstić information content (AvgIpc) is 3.89. The number of aliphatic hydroxyl groups is 2. The normalized spacial score (nSPS) is 29.7. The lowest BCUT2D eigenvalue weighted by Gasteiger charge is -2.36. The molecule has 2 aromatic heterocycles. The Kier molecular flexibility index (Phi) is 6.42. The van der Waals surface area contributed by atoms with E-state index in [4.69, 9.17) is 21.6 Å². The Bertz CT molecular complexity index is 1700. The van der Waals surface area contributed by atoms with Crippen LogP contribution in [0.15, 0.2) is 60.9 Å². The van der Waals surface area contributed by atoms with Gasteiger partial charge in [-0.15, -0.1) is 0 Å². The third kappa shape index (κ3) is 4.72. The van der Waals surface area contributed by atoms with Crippen molar-refractivity contribution in [2.24, 2.45) is 17.8 Å². The van der Waals surface area contributed by atoms with Crippen LogP contribution < -0.4 is 10.6 Å². The number of benzene rings is 2. The van der Waals surface area contributed by atoms with Crippen molar-refractivity contribution in [3.8, 4) is 11.8 Å². The van der Waals surface area contributed by atoms with Gasteiger partial charge in [-0.05, 0) is 54.4 Å². The van der Waals surface area contributed by atoms with E-state index in [-0.39, 0.29) is 23.8 Å². The average molecular weight is 569 g/mol. The molecule has 0 bridgehead atoms. The highest BCUT2D eigenvalue weighted by molar-refractivity contribution is 6.30. The third-order valence-corrected chi connectivity index (χ3v) is 8.87. The summed E-state index contributed by atoms with van der Waals surface area (Å²) in [6.45, 7) is 0. The zero-order valence-electron chi connectivity index (χ0n) is 22.3. The van der Waals surface area contributed by atoms with Gasteiger partial charge in [0.1, 0.15) is 6.10 Å². The van der Waals surface area contributed by atoms with E-state index < -0.39 is 24.2 Å². The van der Waals surface area contributed by atoms with Gasteiger partial charge in [-0.25, -0.2) is 15.0 Å². The molecule has 41 heavy (non-hydrogen) atoms. The van der Waals surface area contributed by atoms with Gasteiger partial charge >= 0.3 is 0 Å². The van der Waals surface area contributed by atoms with Crippen LogP contribution in [0, 0.1) is 29.6 Å². The maximum absolute atomic E-state index is 12.4. The minimum Gasteiger partial charge on any atom is -0.390 e. The zero-order valence-corrected chi connectivity index (χ0v) is 23.0. The topological polar surface area (TPSA) is 125 Å². The highest BCUT2D eigenvalue weighted by Gasteiger charge is 2.61. The maximum atomic E-state index is 12.4. The number of hydrogen-bond acceptors (Lipinski definition) is 7. The van der Waals surface area contributed by atoms with Crippen LogP contribution in [0.5, 0.6) is 0 Å². The van der Waals surface area contributed by atoms with Crippen molar-refractivity contribution < 1.29 is 15.0 Å². The molecular formula is C31H29ClN6O3. The number of hydrogen-bond donors (Lipinski definition) is 4. The molecule has 0 saturated heterocycles. The predicted octanol–water partition coefficient (Wildman–Crippen LogP) is 3.12. The highest BCUT2D eigenvalue weighted by atomic mass is 35.5. The lowest BCUT2D eigenvalue weighted by atomic mass is 9.80. The summed E-state index contributed by atoms with van der Waals surface area (Å²) in [7, 11) is 1.55. The fourth-order valence-corrected chi connectivity index (χ4v) is 6.62. The smallest absolute Gasteiger partial charge is 0.225 e. The summed E-state index contributed by atoms with van der Waals surface area (Å²) in [4.78, 5) is 26.6. The van der Waals surface area contributed by atoms with Gasteiger partial charge in [0, 0.05) is 29.6 Å². The van der Waals surface area contributed by atoms with Gasteiger partial charge in [0.2, 0.25) is 11.7 Å². The number of halogens is 1. The summed E-state index contributed by atoms with van der Waals surface area (Å²) < 4.78 is 1.83. The number of aliphatic hydroxyl groups excluding tert-OH is 2. The van der Waals surface area contributed by atoms with Gasteiger partial charge in [-0.3, -0.25) is 4.79 Å². The Hall–Kier alpha value is -3.97. The Morgan fingerprint density at radius 2 is 1.85 bits per heavy atom. The summed E-state index contributed by atoms with van der Waals surface area (Å²) in [5.41, 5.74) is 3.11. The van der Waals surface area contributed by atoms with Crippen molar-refractivity contribution in [1.82, 2.24) is 24.8 Å². The van der Waals surface area contributed by atoms with E-state index in [9.17, 15) is 15.0 Å². The molecule has 3 fully saturated rings. The number of fused-ring (bicyclic) bond motifs is 2. The van der Waals surface area contributed by atoms with E-state index in [1.807, 2.05) is 34.9 Å². The first-order chi connectivity index (χ1) is 19.9. The molecule has 0 radical (unpaired) electrons. The first-order valence-corrected chi connectivity index (χ1v) is 14.2. The molecule has 3 aliphatic carbocycles. The van der Waals surface area contributed by atoms with Crippen molar-refractivity contribution >= 4 is 34.5 Å².